The highest BCUT2D eigenvalue weighted by Gasteiger charge is 2.37. The maximum absolute atomic E-state index is 13.4. The van der Waals surface area contributed by atoms with Gasteiger partial charge >= 0.3 is 18.4 Å². The van der Waals surface area contributed by atoms with E-state index in [9.17, 15) is 35.5 Å². The molecule has 0 aliphatic carbocycles. The molecular formula is C29H29ClF7N5O. The fourth-order valence-corrected chi connectivity index (χ4v) is 4.49. The molecule has 1 N–H and O–H groups in total. The van der Waals surface area contributed by atoms with Gasteiger partial charge < -0.3 is 19.7 Å². The second kappa shape index (κ2) is 13.1. The first kappa shape index (κ1) is 33.5. The lowest BCUT2D eigenvalue weighted by molar-refractivity contribution is -0.143. The van der Waals surface area contributed by atoms with Gasteiger partial charge in [0.05, 0.1) is 28.7 Å². The molecule has 0 aliphatic rings. The molecule has 1 aromatic heterocycles. The zero-order valence-electron chi connectivity index (χ0n) is 23.3. The summed E-state index contributed by atoms with van der Waals surface area (Å²) >= 11 is 0. The lowest BCUT2D eigenvalue weighted by Gasteiger charge is -2.30. The summed E-state index contributed by atoms with van der Waals surface area (Å²) in [5, 5.41) is 2.39. The van der Waals surface area contributed by atoms with Crippen LogP contribution in [0.5, 0.6) is 0 Å². The quantitative estimate of drug-likeness (QED) is 0.207. The molecule has 2 amide bonds. The summed E-state index contributed by atoms with van der Waals surface area (Å²) in [5.41, 5.74) is -0.803. The number of fused-ring (bicyclic) bond motifs is 1. The zero-order chi connectivity index (χ0) is 30.8. The molecule has 0 radical (unpaired) electrons. The summed E-state index contributed by atoms with van der Waals surface area (Å²) in [6.45, 7) is 1.86. The normalized spacial score (nSPS) is 12.5. The monoisotopic (exact) mass is 631 g/mol. The Morgan fingerprint density at radius 2 is 1.49 bits per heavy atom. The van der Waals surface area contributed by atoms with Gasteiger partial charge in [0, 0.05) is 33.2 Å². The zero-order valence-corrected chi connectivity index (χ0v) is 24.1. The molecule has 6 nitrogen and oxygen atoms in total. The van der Waals surface area contributed by atoms with Crippen molar-refractivity contribution in [2.24, 2.45) is 0 Å². The standard InChI is InChI=1S/C29H28F7N5O.ClH/c1-18(16-39(2)27(42)37-15-20-12-21(28(31,32)33)14-22(13-20)29(34,35)36)40(3)26-38-24-6-4-5-7-25(24)41(26)17-19-8-10-23(30)11-9-19;/h4-14,18H,15-17H2,1-3H3,(H,37,42);1H. The molecule has 4 aromatic rings. The fourth-order valence-electron chi connectivity index (χ4n) is 4.49. The molecule has 1 atom stereocenters. The van der Waals surface area contributed by atoms with E-state index in [2.05, 4.69) is 5.32 Å². The van der Waals surface area contributed by atoms with Gasteiger partial charge in [-0.05, 0) is 60.5 Å². The summed E-state index contributed by atoms with van der Waals surface area (Å²) in [7, 11) is 3.26. The van der Waals surface area contributed by atoms with Gasteiger partial charge in [0.1, 0.15) is 5.82 Å². The first-order valence-electron chi connectivity index (χ1n) is 12.8. The van der Waals surface area contributed by atoms with Gasteiger partial charge in [-0.1, -0.05) is 24.3 Å². The maximum atomic E-state index is 13.4. The van der Waals surface area contributed by atoms with E-state index < -0.39 is 36.1 Å². The number of benzene rings is 3. The minimum absolute atomic E-state index is 0. The van der Waals surface area contributed by atoms with Crippen molar-refractivity contribution in [1.82, 2.24) is 19.8 Å². The number of imidazole rings is 1. The Morgan fingerprint density at radius 1 is 0.907 bits per heavy atom. The van der Waals surface area contributed by atoms with Crippen LogP contribution in [-0.2, 0) is 25.4 Å². The van der Waals surface area contributed by atoms with Gasteiger partial charge in [-0.15, -0.1) is 12.4 Å². The van der Waals surface area contributed by atoms with Crippen molar-refractivity contribution in [2.75, 3.05) is 25.5 Å². The molecule has 4 rings (SSSR count). The Labute approximate surface area is 249 Å². The number of carbonyl (C=O) groups excluding carboxylic acids is 1. The van der Waals surface area contributed by atoms with Crippen LogP contribution < -0.4 is 10.2 Å². The minimum Gasteiger partial charge on any atom is -0.341 e. The number of halogens is 8. The second-order valence-electron chi connectivity index (χ2n) is 10.0. The predicted molar refractivity (Wildman–Crippen MR) is 152 cm³/mol. The number of urea groups is 1. The molecule has 0 aliphatic heterocycles. The van der Waals surface area contributed by atoms with Crippen molar-refractivity contribution in [3.05, 3.63) is 94.8 Å². The summed E-state index contributed by atoms with van der Waals surface area (Å²) in [6, 6.07) is 13.8. The van der Waals surface area contributed by atoms with Crippen LogP contribution in [0.25, 0.3) is 11.0 Å². The number of hydrogen-bond acceptors (Lipinski definition) is 3. The van der Waals surface area contributed by atoms with Crippen LogP contribution in [0.1, 0.15) is 29.2 Å². The lowest BCUT2D eigenvalue weighted by atomic mass is 10.0. The summed E-state index contributed by atoms with van der Waals surface area (Å²) in [6.07, 6.45) is -9.96. The number of likely N-dealkylation sites (N-methyl/N-ethyl adjacent to an activating group) is 2. The van der Waals surface area contributed by atoms with Gasteiger partial charge in [-0.2, -0.15) is 26.3 Å². The highest BCUT2D eigenvalue weighted by Crippen LogP contribution is 2.36. The van der Waals surface area contributed by atoms with Crippen LogP contribution in [0.3, 0.4) is 0 Å². The summed E-state index contributed by atoms with van der Waals surface area (Å²) in [5.74, 6) is 0.237. The number of carbonyl (C=O) groups is 1. The first-order valence-corrected chi connectivity index (χ1v) is 12.8. The predicted octanol–water partition coefficient (Wildman–Crippen LogP) is 7.35. The van der Waals surface area contributed by atoms with Crippen LogP contribution in [0.15, 0.2) is 66.7 Å². The van der Waals surface area contributed by atoms with Crippen molar-refractivity contribution in [2.45, 2.75) is 38.4 Å². The highest BCUT2D eigenvalue weighted by molar-refractivity contribution is 5.85. The van der Waals surface area contributed by atoms with E-state index in [1.165, 1.54) is 24.1 Å². The average molecular weight is 632 g/mol. The maximum Gasteiger partial charge on any atom is 0.416 e. The molecule has 1 heterocycles. The van der Waals surface area contributed by atoms with Gasteiger partial charge in [-0.25, -0.2) is 14.2 Å². The molecule has 0 saturated heterocycles. The molecule has 0 spiro atoms. The van der Waals surface area contributed by atoms with Gasteiger partial charge in [0.2, 0.25) is 5.95 Å². The van der Waals surface area contributed by atoms with Crippen molar-refractivity contribution in [1.29, 1.82) is 0 Å². The Morgan fingerprint density at radius 3 is 2.07 bits per heavy atom. The van der Waals surface area contributed by atoms with Crippen LogP contribution in [0, 0.1) is 5.82 Å². The van der Waals surface area contributed by atoms with Crippen molar-refractivity contribution in [3.63, 3.8) is 0 Å². The third-order valence-electron chi connectivity index (χ3n) is 6.84. The van der Waals surface area contributed by atoms with E-state index in [1.54, 1.807) is 19.2 Å². The number of amides is 2. The van der Waals surface area contributed by atoms with E-state index in [-0.39, 0.29) is 42.4 Å². The smallest absolute Gasteiger partial charge is 0.341 e. The van der Waals surface area contributed by atoms with Crippen molar-refractivity contribution in [3.8, 4) is 0 Å². The van der Waals surface area contributed by atoms with Crippen LogP contribution in [-0.4, -0.2) is 47.2 Å². The third kappa shape index (κ3) is 8.09. The molecule has 1 unspecified atom stereocenters. The minimum atomic E-state index is -4.98. The Kier molecular flexibility index (Phi) is 10.2. The number of para-hydroxylation sites is 2. The molecular weight excluding hydrogens is 603 g/mol. The summed E-state index contributed by atoms with van der Waals surface area (Å²) in [4.78, 5) is 20.6. The van der Waals surface area contributed by atoms with Crippen LogP contribution in [0.4, 0.5) is 41.5 Å². The van der Waals surface area contributed by atoms with E-state index >= 15 is 0 Å². The Balaban J connectivity index is 0.00000506. The molecule has 14 heteroatoms. The SMILES string of the molecule is CC(CN(C)C(=O)NCc1cc(C(F)(F)F)cc(C(F)(F)F)c1)N(C)c1nc2ccccc2n1Cc1ccc(F)cc1.Cl. The van der Waals surface area contributed by atoms with Gasteiger partial charge in [0.15, 0.2) is 0 Å². The van der Waals surface area contributed by atoms with Gasteiger partial charge in [0.25, 0.3) is 0 Å². The Hall–Kier alpha value is -4.00. The number of alkyl halides is 6. The third-order valence-corrected chi connectivity index (χ3v) is 6.84. The largest absolute Gasteiger partial charge is 0.416 e. The molecule has 3 aromatic carbocycles. The molecule has 0 saturated carbocycles. The van der Waals surface area contributed by atoms with E-state index in [1.807, 2.05) is 40.7 Å². The van der Waals surface area contributed by atoms with E-state index in [0.717, 1.165) is 16.6 Å². The highest BCUT2D eigenvalue weighted by atomic mass is 35.5. The molecule has 232 valence electrons. The van der Waals surface area contributed by atoms with Crippen LogP contribution >= 0.6 is 12.4 Å². The van der Waals surface area contributed by atoms with E-state index in [4.69, 9.17) is 4.98 Å². The average Bonchev–Trinajstić information content (AvgIpc) is 3.29. The Bertz CT molecular complexity index is 1520. The first-order chi connectivity index (χ1) is 19.6. The number of nitrogens with one attached hydrogen (secondary N) is 1. The molecule has 0 bridgehead atoms. The number of rotatable bonds is 8. The van der Waals surface area contributed by atoms with Crippen molar-refractivity contribution < 1.29 is 35.5 Å². The topological polar surface area (TPSA) is 53.4 Å². The number of nitrogens with zero attached hydrogens (tertiary/aromatic N) is 4. The number of anilines is 1. The number of aromatic nitrogens is 2. The second-order valence-corrected chi connectivity index (χ2v) is 10.0. The van der Waals surface area contributed by atoms with E-state index in [0.29, 0.717) is 24.6 Å². The molecule has 43 heavy (non-hydrogen) atoms. The number of hydrogen-bond donors (Lipinski definition) is 1. The van der Waals surface area contributed by atoms with Crippen LogP contribution in [0.2, 0.25) is 0 Å². The fraction of sp³-hybridized carbons (Fsp3) is 0.310. The summed E-state index contributed by atoms with van der Waals surface area (Å²) < 4.78 is 94.4. The van der Waals surface area contributed by atoms with Crippen molar-refractivity contribution >= 4 is 35.4 Å². The molecule has 0 fully saturated rings. The lowest BCUT2D eigenvalue weighted by Crippen LogP contribution is -2.45. The van der Waals surface area contributed by atoms with Gasteiger partial charge in [-0.3, -0.25) is 0 Å².